The number of amides is 2. The van der Waals surface area contributed by atoms with Gasteiger partial charge in [-0.15, -0.1) is 0 Å². The topological polar surface area (TPSA) is 105 Å². The summed E-state index contributed by atoms with van der Waals surface area (Å²) >= 11 is 6.16. The molecule has 4 aromatic rings. The molecule has 1 atom stereocenters. The van der Waals surface area contributed by atoms with Gasteiger partial charge in [0.2, 0.25) is 11.8 Å². The van der Waals surface area contributed by atoms with Crippen molar-refractivity contribution in [3.8, 4) is 11.5 Å². The molecule has 0 bridgehead atoms. The summed E-state index contributed by atoms with van der Waals surface area (Å²) in [5, 5.41) is 3.51. The Morgan fingerprint density at radius 2 is 1.54 bits per heavy atom. The smallest absolute Gasteiger partial charge is 0.264 e. The summed E-state index contributed by atoms with van der Waals surface area (Å²) in [5.41, 5.74) is 1.13. The standard InChI is InChI=1S/C38H41ClFN3O6S/c1-48-35-22-21-32(24-36(35)49-2)50(46,47)43(31-19-17-29(39)18-20-31)26-37(44)42(25-28-13-9-10-16-33(28)40)34(23-27-11-5-3-6-12-27)38(45)41-30-14-7-4-8-15-30/h3,5-6,9-13,16-22,24,30,34H,4,7-8,14-15,23,25-26H2,1-2H3,(H,41,45)/t34-/m0/s1. The number of nitrogens with zero attached hydrogens (tertiary/aromatic N) is 2. The molecular weight excluding hydrogens is 681 g/mol. The number of anilines is 1. The van der Waals surface area contributed by atoms with E-state index in [0.29, 0.717) is 10.8 Å². The second-order valence-corrected chi connectivity index (χ2v) is 14.5. The van der Waals surface area contributed by atoms with Crippen molar-refractivity contribution in [1.82, 2.24) is 10.2 Å². The number of nitrogens with one attached hydrogen (secondary N) is 1. The van der Waals surface area contributed by atoms with Gasteiger partial charge >= 0.3 is 0 Å². The second kappa shape index (κ2) is 16.9. The maximum Gasteiger partial charge on any atom is 0.264 e. The lowest BCUT2D eigenvalue weighted by molar-refractivity contribution is -0.140. The van der Waals surface area contributed by atoms with Crippen LogP contribution in [0.3, 0.4) is 0 Å². The Morgan fingerprint density at radius 1 is 0.880 bits per heavy atom. The lowest BCUT2D eigenvalue weighted by Gasteiger charge is -2.35. The molecule has 1 aliphatic rings. The number of carbonyl (C=O) groups is 2. The van der Waals surface area contributed by atoms with E-state index < -0.39 is 34.3 Å². The maximum atomic E-state index is 15.2. The van der Waals surface area contributed by atoms with E-state index in [-0.39, 0.29) is 46.8 Å². The molecule has 12 heteroatoms. The molecule has 0 radical (unpaired) electrons. The molecule has 5 rings (SSSR count). The van der Waals surface area contributed by atoms with Crippen molar-refractivity contribution in [2.24, 2.45) is 0 Å². The molecule has 0 heterocycles. The summed E-state index contributed by atoms with van der Waals surface area (Å²) in [4.78, 5) is 30.0. The van der Waals surface area contributed by atoms with Crippen LogP contribution in [0.25, 0.3) is 0 Å². The van der Waals surface area contributed by atoms with Crippen LogP contribution in [0, 0.1) is 5.82 Å². The molecule has 1 aliphatic carbocycles. The maximum absolute atomic E-state index is 15.2. The van der Waals surface area contributed by atoms with Crippen LogP contribution < -0.4 is 19.1 Å². The molecule has 1 saturated carbocycles. The molecule has 0 aliphatic heterocycles. The Balaban J connectivity index is 1.58. The number of carbonyl (C=O) groups excluding carboxylic acids is 2. The van der Waals surface area contributed by atoms with Crippen molar-refractivity contribution in [1.29, 1.82) is 0 Å². The summed E-state index contributed by atoms with van der Waals surface area (Å²) in [6.07, 6.45) is 4.82. The molecule has 2 amide bonds. The van der Waals surface area contributed by atoms with Gasteiger partial charge in [0.05, 0.1) is 24.8 Å². The largest absolute Gasteiger partial charge is 0.493 e. The van der Waals surface area contributed by atoms with Crippen LogP contribution in [-0.2, 0) is 32.6 Å². The molecular formula is C38H41ClFN3O6S. The van der Waals surface area contributed by atoms with Gasteiger partial charge in [-0.05, 0) is 60.9 Å². The molecule has 1 fully saturated rings. The number of halogens is 2. The third-order valence-electron chi connectivity index (χ3n) is 8.86. The SMILES string of the molecule is COc1ccc(S(=O)(=O)N(CC(=O)N(Cc2ccccc2F)[C@@H](Cc2ccccc2)C(=O)NC2CCCCC2)c2ccc(Cl)cc2)cc1OC. The number of benzene rings is 4. The normalized spacial score (nSPS) is 14.0. The van der Waals surface area contributed by atoms with E-state index in [2.05, 4.69) is 5.32 Å². The zero-order chi connectivity index (χ0) is 35.7. The van der Waals surface area contributed by atoms with E-state index in [1.807, 2.05) is 30.3 Å². The summed E-state index contributed by atoms with van der Waals surface area (Å²) in [5.74, 6) is -1.13. The van der Waals surface area contributed by atoms with Crippen LogP contribution >= 0.6 is 11.6 Å². The highest BCUT2D eigenvalue weighted by Gasteiger charge is 2.36. The Morgan fingerprint density at radius 3 is 2.20 bits per heavy atom. The average Bonchev–Trinajstić information content (AvgIpc) is 3.13. The lowest BCUT2D eigenvalue weighted by Crippen LogP contribution is -2.55. The fourth-order valence-corrected chi connectivity index (χ4v) is 7.70. The highest BCUT2D eigenvalue weighted by atomic mass is 35.5. The van der Waals surface area contributed by atoms with Crippen LogP contribution in [0.4, 0.5) is 10.1 Å². The molecule has 0 unspecified atom stereocenters. The van der Waals surface area contributed by atoms with E-state index in [1.165, 1.54) is 67.7 Å². The third-order valence-corrected chi connectivity index (χ3v) is 10.9. The van der Waals surface area contributed by atoms with Crippen molar-refractivity contribution in [2.45, 2.75) is 62.0 Å². The zero-order valence-electron chi connectivity index (χ0n) is 28.1. The van der Waals surface area contributed by atoms with Crippen LogP contribution in [-0.4, -0.2) is 58.0 Å². The number of hydrogen-bond acceptors (Lipinski definition) is 6. The van der Waals surface area contributed by atoms with Gasteiger partial charge in [-0.2, -0.15) is 0 Å². The predicted octanol–water partition coefficient (Wildman–Crippen LogP) is 6.78. The first kappa shape index (κ1) is 36.7. The molecule has 0 spiro atoms. The first-order valence-corrected chi connectivity index (χ1v) is 18.3. The Hall–Kier alpha value is -4.61. The third kappa shape index (κ3) is 8.94. The number of hydrogen-bond donors (Lipinski definition) is 1. The van der Waals surface area contributed by atoms with Crippen molar-refractivity contribution in [3.05, 3.63) is 119 Å². The monoisotopic (exact) mass is 721 g/mol. The van der Waals surface area contributed by atoms with Gasteiger partial charge in [0, 0.05) is 35.7 Å². The van der Waals surface area contributed by atoms with Gasteiger partial charge in [-0.25, -0.2) is 12.8 Å². The van der Waals surface area contributed by atoms with Crippen molar-refractivity contribution >= 4 is 39.1 Å². The van der Waals surface area contributed by atoms with Crippen LogP contribution in [0.15, 0.2) is 102 Å². The first-order chi connectivity index (χ1) is 24.1. The van der Waals surface area contributed by atoms with Gasteiger partial charge in [-0.3, -0.25) is 13.9 Å². The molecule has 0 saturated heterocycles. The van der Waals surface area contributed by atoms with Gasteiger partial charge < -0.3 is 19.7 Å². The van der Waals surface area contributed by atoms with E-state index >= 15 is 4.39 Å². The van der Waals surface area contributed by atoms with Crippen LogP contribution in [0.2, 0.25) is 5.02 Å². The zero-order valence-corrected chi connectivity index (χ0v) is 29.6. The van der Waals surface area contributed by atoms with Gasteiger partial charge in [0.25, 0.3) is 10.0 Å². The minimum atomic E-state index is -4.43. The minimum Gasteiger partial charge on any atom is -0.493 e. The minimum absolute atomic E-state index is 0.0593. The molecule has 1 N–H and O–H groups in total. The van der Waals surface area contributed by atoms with Crippen LogP contribution in [0.5, 0.6) is 11.5 Å². The van der Waals surface area contributed by atoms with Gasteiger partial charge in [0.15, 0.2) is 11.5 Å². The van der Waals surface area contributed by atoms with E-state index in [0.717, 1.165) is 42.0 Å². The van der Waals surface area contributed by atoms with Crippen LogP contribution in [0.1, 0.15) is 43.2 Å². The number of rotatable bonds is 14. The van der Waals surface area contributed by atoms with Crippen molar-refractivity contribution in [2.75, 3.05) is 25.1 Å². The molecule has 0 aromatic heterocycles. The second-order valence-electron chi connectivity index (χ2n) is 12.2. The highest BCUT2D eigenvalue weighted by Crippen LogP contribution is 2.33. The van der Waals surface area contributed by atoms with E-state index in [1.54, 1.807) is 18.2 Å². The van der Waals surface area contributed by atoms with E-state index in [9.17, 15) is 18.0 Å². The molecule has 50 heavy (non-hydrogen) atoms. The summed E-state index contributed by atoms with van der Waals surface area (Å²) in [6, 6.07) is 24.3. The molecule has 4 aromatic carbocycles. The first-order valence-electron chi connectivity index (χ1n) is 16.5. The summed E-state index contributed by atoms with van der Waals surface area (Å²) < 4.78 is 55.6. The average molecular weight is 722 g/mol. The fraction of sp³-hybridized carbons (Fsp3) is 0.316. The van der Waals surface area contributed by atoms with Gasteiger partial charge in [0.1, 0.15) is 18.4 Å². The fourth-order valence-electron chi connectivity index (χ4n) is 6.15. The predicted molar refractivity (Wildman–Crippen MR) is 191 cm³/mol. The molecule has 264 valence electrons. The number of ether oxygens (including phenoxy) is 2. The number of sulfonamides is 1. The van der Waals surface area contributed by atoms with Crippen molar-refractivity contribution in [3.63, 3.8) is 0 Å². The Kier molecular flexibility index (Phi) is 12.4. The Bertz CT molecular complexity index is 1870. The quantitative estimate of drug-likeness (QED) is 0.154. The Labute approximate surface area is 298 Å². The van der Waals surface area contributed by atoms with E-state index in [4.69, 9.17) is 21.1 Å². The number of methoxy groups -OCH3 is 2. The van der Waals surface area contributed by atoms with Crippen molar-refractivity contribution < 1.29 is 31.9 Å². The molecule has 9 nitrogen and oxygen atoms in total. The van der Waals surface area contributed by atoms with Gasteiger partial charge in [-0.1, -0.05) is 79.4 Å². The summed E-state index contributed by atoms with van der Waals surface area (Å²) in [7, 11) is -1.60. The summed E-state index contributed by atoms with van der Waals surface area (Å²) in [6.45, 7) is -0.972. The lowest BCUT2D eigenvalue weighted by atomic mass is 9.94. The highest BCUT2D eigenvalue weighted by molar-refractivity contribution is 7.92.